The number of benzene rings is 1. The number of nitrogens with zero attached hydrogens (tertiary/aromatic N) is 3. The Hall–Kier alpha value is -3.35. The second-order valence-electron chi connectivity index (χ2n) is 6.22. The Morgan fingerprint density at radius 2 is 1.69 bits per heavy atom. The fraction of sp³-hybridized carbons (Fsp3) is 0.158. The van der Waals surface area contributed by atoms with E-state index in [1.807, 2.05) is 0 Å². The second-order valence-corrected chi connectivity index (χ2v) is 6.22. The molecular formula is C19H17FN4O2. The van der Waals surface area contributed by atoms with Gasteiger partial charge in [0.15, 0.2) is 0 Å². The number of nitrogens with one attached hydrogen (secondary N) is 1. The minimum absolute atomic E-state index is 0.362. The van der Waals surface area contributed by atoms with Crippen molar-refractivity contribution in [1.82, 2.24) is 14.8 Å². The van der Waals surface area contributed by atoms with Gasteiger partial charge in [-0.25, -0.2) is 9.07 Å². The van der Waals surface area contributed by atoms with Crippen LogP contribution >= 0.6 is 0 Å². The molecule has 0 saturated carbocycles. The molecule has 0 spiro atoms. The van der Waals surface area contributed by atoms with Gasteiger partial charge in [0.25, 0.3) is 11.5 Å². The minimum atomic E-state index is -1.24. The lowest BCUT2D eigenvalue weighted by molar-refractivity contribution is -0.123. The van der Waals surface area contributed by atoms with Crippen molar-refractivity contribution in [2.24, 2.45) is 0 Å². The molecule has 2 aromatic heterocycles. The maximum atomic E-state index is 13.1. The van der Waals surface area contributed by atoms with Gasteiger partial charge in [-0.15, -0.1) is 0 Å². The molecule has 6 nitrogen and oxygen atoms in total. The van der Waals surface area contributed by atoms with Crippen molar-refractivity contribution in [2.45, 2.75) is 19.4 Å². The third-order valence-electron chi connectivity index (χ3n) is 3.96. The van der Waals surface area contributed by atoms with Crippen molar-refractivity contribution in [3.05, 3.63) is 77.1 Å². The van der Waals surface area contributed by atoms with Crippen molar-refractivity contribution < 1.29 is 9.18 Å². The van der Waals surface area contributed by atoms with Gasteiger partial charge in [-0.3, -0.25) is 14.6 Å². The van der Waals surface area contributed by atoms with Gasteiger partial charge in [-0.1, -0.05) is 0 Å². The summed E-state index contributed by atoms with van der Waals surface area (Å²) >= 11 is 0. The molecule has 0 saturated heterocycles. The van der Waals surface area contributed by atoms with Crippen LogP contribution in [0.25, 0.3) is 11.3 Å². The van der Waals surface area contributed by atoms with E-state index in [0.717, 1.165) is 4.68 Å². The number of amides is 1. The van der Waals surface area contributed by atoms with Crippen LogP contribution in [0.4, 0.5) is 10.1 Å². The van der Waals surface area contributed by atoms with Gasteiger partial charge in [0.2, 0.25) is 0 Å². The van der Waals surface area contributed by atoms with Crippen LogP contribution in [-0.2, 0) is 10.3 Å². The molecule has 3 rings (SSSR count). The first-order valence-electron chi connectivity index (χ1n) is 7.96. The lowest BCUT2D eigenvalue weighted by Gasteiger charge is -2.25. The summed E-state index contributed by atoms with van der Waals surface area (Å²) < 4.78 is 14.2. The zero-order chi connectivity index (χ0) is 18.7. The molecule has 2 heterocycles. The van der Waals surface area contributed by atoms with Gasteiger partial charge in [-0.05, 0) is 56.3 Å². The normalized spacial score (nSPS) is 11.2. The Kier molecular flexibility index (Phi) is 4.62. The lowest BCUT2D eigenvalue weighted by Crippen LogP contribution is -2.47. The number of halogens is 1. The summed E-state index contributed by atoms with van der Waals surface area (Å²) in [4.78, 5) is 28.9. The molecule has 0 aliphatic heterocycles. The van der Waals surface area contributed by atoms with E-state index in [1.165, 1.54) is 18.2 Å². The first-order valence-corrected chi connectivity index (χ1v) is 7.96. The van der Waals surface area contributed by atoms with Crippen molar-refractivity contribution in [3.63, 3.8) is 0 Å². The zero-order valence-corrected chi connectivity index (χ0v) is 14.3. The molecule has 1 N–H and O–H groups in total. The molecule has 0 bridgehead atoms. The number of carbonyl (C=O) groups excluding carboxylic acids is 1. The smallest absolute Gasteiger partial charge is 0.267 e. The molecule has 132 valence electrons. The van der Waals surface area contributed by atoms with Crippen LogP contribution in [0, 0.1) is 5.82 Å². The van der Waals surface area contributed by atoms with Gasteiger partial charge in [-0.2, -0.15) is 5.10 Å². The van der Waals surface area contributed by atoms with Crippen LogP contribution in [0.15, 0.2) is 65.7 Å². The number of hydrogen-bond donors (Lipinski definition) is 1. The van der Waals surface area contributed by atoms with Crippen molar-refractivity contribution >= 4 is 11.6 Å². The summed E-state index contributed by atoms with van der Waals surface area (Å²) in [6.45, 7) is 3.21. The van der Waals surface area contributed by atoms with Gasteiger partial charge in [0.1, 0.15) is 11.4 Å². The van der Waals surface area contributed by atoms with E-state index in [-0.39, 0.29) is 5.82 Å². The van der Waals surface area contributed by atoms with E-state index in [2.05, 4.69) is 15.4 Å². The molecule has 7 heteroatoms. The van der Waals surface area contributed by atoms with Crippen LogP contribution in [0.1, 0.15) is 13.8 Å². The summed E-state index contributed by atoms with van der Waals surface area (Å²) in [6.07, 6.45) is 3.12. The predicted octanol–water partition coefficient (Wildman–Crippen LogP) is 2.82. The van der Waals surface area contributed by atoms with Crippen LogP contribution in [-0.4, -0.2) is 20.7 Å². The molecule has 0 fully saturated rings. The Bertz CT molecular complexity index is 982. The first kappa shape index (κ1) is 17.5. The molecule has 1 aromatic carbocycles. The standard InChI is InChI=1S/C19H17FN4O2/c1-19(2,18(26)22-15-9-11-21-12-10-15)24-17(25)8-7-16(23-24)13-3-5-14(20)6-4-13/h3-12H,1-2H3,(H,21,22,26). The molecule has 0 atom stereocenters. The topological polar surface area (TPSA) is 76.9 Å². The van der Waals surface area contributed by atoms with E-state index >= 15 is 0 Å². The van der Waals surface area contributed by atoms with E-state index in [4.69, 9.17) is 0 Å². The van der Waals surface area contributed by atoms with Crippen LogP contribution in [0.3, 0.4) is 0 Å². The maximum Gasteiger partial charge on any atom is 0.267 e. The first-order chi connectivity index (χ1) is 12.4. The second kappa shape index (κ2) is 6.87. The van der Waals surface area contributed by atoms with E-state index < -0.39 is 17.0 Å². The predicted molar refractivity (Wildman–Crippen MR) is 96.1 cm³/mol. The van der Waals surface area contributed by atoms with Crippen LogP contribution < -0.4 is 10.9 Å². The number of pyridine rings is 1. The highest BCUT2D eigenvalue weighted by Gasteiger charge is 2.32. The number of rotatable bonds is 4. The van der Waals surface area contributed by atoms with Gasteiger partial charge < -0.3 is 5.32 Å². The molecule has 26 heavy (non-hydrogen) atoms. The Balaban J connectivity index is 1.96. The molecule has 0 aliphatic rings. The molecular weight excluding hydrogens is 335 g/mol. The molecule has 1 amide bonds. The minimum Gasteiger partial charge on any atom is -0.324 e. The van der Waals surface area contributed by atoms with Crippen molar-refractivity contribution in [3.8, 4) is 11.3 Å². The van der Waals surface area contributed by atoms with Gasteiger partial charge in [0.05, 0.1) is 5.69 Å². The SMILES string of the molecule is CC(C)(C(=O)Nc1ccncc1)n1nc(-c2ccc(F)cc2)ccc1=O. The highest BCUT2D eigenvalue weighted by molar-refractivity contribution is 5.95. The third kappa shape index (κ3) is 3.51. The van der Waals surface area contributed by atoms with Crippen molar-refractivity contribution in [2.75, 3.05) is 5.32 Å². The average Bonchev–Trinajstić information content (AvgIpc) is 2.63. The highest BCUT2D eigenvalue weighted by Crippen LogP contribution is 2.19. The average molecular weight is 352 g/mol. The summed E-state index contributed by atoms with van der Waals surface area (Å²) in [6, 6.07) is 11.9. The fourth-order valence-corrected chi connectivity index (χ4v) is 2.40. The molecule has 0 radical (unpaired) electrons. The number of aromatic nitrogens is 3. The molecule has 3 aromatic rings. The van der Waals surface area contributed by atoms with Crippen LogP contribution in [0.5, 0.6) is 0 Å². The Morgan fingerprint density at radius 1 is 1.04 bits per heavy atom. The van der Waals surface area contributed by atoms with Crippen LogP contribution in [0.2, 0.25) is 0 Å². The molecule has 0 unspecified atom stereocenters. The van der Waals surface area contributed by atoms with Gasteiger partial charge >= 0.3 is 0 Å². The fourth-order valence-electron chi connectivity index (χ4n) is 2.40. The number of carbonyl (C=O) groups is 1. The quantitative estimate of drug-likeness (QED) is 0.783. The summed E-state index contributed by atoms with van der Waals surface area (Å²) in [5.74, 6) is -0.756. The monoisotopic (exact) mass is 352 g/mol. The zero-order valence-electron chi connectivity index (χ0n) is 14.3. The summed E-state index contributed by atoms with van der Waals surface area (Å²) in [7, 11) is 0. The number of hydrogen-bond acceptors (Lipinski definition) is 4. The molecule has 0 aliphatic carbocycles. The largest absolute Gasteiger partial charge is 0.324 e. The highest BCUT2D eigenvalue weighted by atomic mass is 19.1. The summed E-state index contributed by atoms with van der Waals surface area (Å²) in [5, 5.41) is 7.06. The van der Waals surface area contributed by atoms with E-state index in [0.29, 0.717) is 16.9 Å². The Morgan fingerprint density at radius 3 is 2.35 bits per heavy atom. The Labute approximate surface area is 149 Å². The third-order valence-corrected chi connectivity index (χ3v) is 3.96. The van der Waals surface area contributed by atoms with E-state index in [1.54, 1.807) is 56.6 Å². The van der Waals surface area contributed by atoms with Crippen molar-refractivity contribution in [1.29, 1.82) is 0 Å². The maximum absolute atomic E-state index is 13.1. The summed E-state index contributed by atoms with van der Waals surface area (Å²) in [5.41, 5.74) is 0.0302. The van der Waals surface area contributed by atoms with Gasteiger partial charge in [0, 0.05) is 29.7 Å². The number of anilines is 1. The lowest BCUT2D eigenvalue weighted by atomic mass is 10.0. The van der Waals surface area contributed by atoms with E-state index in [9.17, 15) is 14.0 Å².